The molecule has 0 aliphatic heterocycles. The van der Waals surface area contributed by atoms with Gasteiger partial charge in [0.1, 0.15) is 0 Å². The van der Waals surface area contributed by atoms with E-state index in [2.05, 4.69) is 25.7 Å². The summed E-state index contributed by atoms with van der Waals surface area (Å²) in [6, 6.07) is 1.99. The monoisotopic (exact) mass is 251 g/mol. The van der Waals surface area contributed by atoms with Crippen LogP contribution in [-0.2, 0) is 0 Å². The van der Waals surface area contributed by atoms with E-state index in [1.54, 1.807) is 6.07 Å². The zero-order valence-corrected chi connectivity index (χ0v) is 10.6. The topological polar surface area (TPSA) is 83.6 Å². The van der Waals surface area contributed by atoms with E-state index < -0.39 is 0 Å². The molecule has 0 radical (unpaired) electrons. The fourth-order valence-corrected chi connectivity index (χ4v) is 2.20. The second-order valence-corrected chi connectivity index (χ2v) is 4.94. The molecule has 6 nitrogen and oxygen atoms in total. The van der Waals surface area contributed by atoms with E-state index in [0.717, 1.165) is 5.69 Å². The van der Waals surface area contributed by atoms with Crippen molar-refractivity contribution in [2.24, 2.45) is 0 Å². The van der Waals surface area contributed by atoms with Crippen LogP contribution in [0.2, 0.25) is 0 Å². The Morgan fingerprint density at radius 2 is 2.18 bits per heavy atom. The number of rotatable bonds is 3. The molecule has 0 spiro atoms. The molecule has 17 heavy (non-hydrogen) atoms. The molecule has 0 aliphatic carbocycles. The van der Waals surface area contributed by atoms with Gasteiger partial charge in [-0.05, 0) is 26.8 Å². The van der Waals surface area contributed by atoms with E-state index in [1.807, 2.05) is 20.8 Å². The third-order valence-corrected chi connectivity index (χ3v) is 2.89. The summed E-state index contributed by atoms with van der Waals surface area (Å²) in [7, 11) is 0. The van der Waals surface area contributed by atoms with Crippen molar-refractivity contribution in [1.82, 2.24) is 20.4 Å². The first kappa shape index (κ1) is 11.7. The third kappa shape index (κ3) is 2.68. The fraction of sp³-hybridized carbons (Fsp3) is 0.400. The standard InChI is InChI=1S/C10H13N5OS/c1-5(2)11-10-15-14-9(17-10)7-4-6(3)12-13-8(7)16/h4-5H,1-3H3,(H,11,15)(H,13,16). The van der Waals surface area contributed by atoms with Crippen LogP contribution in [0.1, 0.15) is 19.5 Å². The lowest BCUT2D eigenvalue weighted by molar-refractivity contribution is 0.887. The normalized spacial score (nSPS) is 10.8. The fourth-order valence-electron chi connectivity index (χ4n) is 1.30. The summed E-state index contributed by atoms with van der Waals surface area (Å²) in [6.07, 6.45) is 0. The average molecular weight is 251 g/mol. The lowest BCUT2D eigenvalue weighted by Gasteiger charge is -2.03. The lowest BCUT2D eigenvalue weighted by atomic mass is 10.3. The SMILES string of the molecule is Cc1cc(-c2nnc(NC(C)C)s2)c(=O)[nH]n1. The molecule has 0 bridgehead atoms. The maximum atomic E-state index is 11.6. The molecule has 0 atom stereocenters. The predicted octanol–water partition coefficient (Wildman–Crippen LogP) is 1.42. The first-order valence-corrected chi connectivity index (χ1v) is 6.04. The first-order chi connectivity index (χ1) is 8.06. The van der Waals surface area contributed by atoms with Gasteiger partial charge in [0, 0.05) is 6.04 Å². The number of aromatic amines is 1. The van der Waals surface area contributed by atoms with Crippen LogP contribution in [0.15, 0.2) is 10.9 Å². The van der Waals surface area contributed by atoms with E-state index in [1.165, 1.54) is 11.3 Å². The van der Waals surface area contributed by atoms with Crippen LogP contribution >= 0.6 is 11.3 Å². The number of anilines is 1. The van der Waals surface area contributed by atoms with Gasteiger partial charge >= 0.3 is 0 Å². The van der Waals surface area contributed by atoms with Gasteiger partial charge in [-0.1, -0.05) is 11.3 Å². The molecule has 0 aromatic carbocycles. The van der Waals surface area contributed by atoms with Crippen LogP contribution in [0, 0.1) is 6.92 Å². The highest BCUT2D eigenvalue weighted by atomic mass is 32.1. The Bertz CT molecular complexity index is 574. The number of nitrogens with zero attached hydrogens (tertiary/aromatic N) is 3. The van der Waals surface area contributed by atoms with Crippen LogP contribution in [0.4, 0.5) is 5.13 Å². The Kier molecular flexibility index (Phi) is 3.19. The summed E-state index contributed by atoms with van der Waals surface area (Å²) < 4.78 is 0. The molecule has 0 amide bonds. The van der Waals surface area contributed by atoms with E-state index >= 15 is 0 Å². The van der Waals surface area contributed by atoms with Crippen molar-refractivity contribution < 1.29 is 0 Å². The molecule has 0 aliphatic rings. The molecule has 2 heterocycles. The molecule has 2 aromatic heterocycles. The summed E-state index contributed by atoms with van der Waals surface area (Å²) >= 11 is 1.36. The quantitative estimate of drug-likeness (QED) is 0.861. The minimum Gasteiger partial charge on any atom is -0.358 e. The molecular weight excluding hydrogens is 238 g/mol. The molecule has 7 heteroatoms. The minimum atomic E-state index is -0.247. The van der Waals surface area contributed by atoms with Crippen molar-refractivity contribution in [3.63, 3.8) is 0 Å². The summed E-state index contributed by atoms with van der Waals surface area (Å²) in [5.41, 5.74) is 1.00. The largest absolute Gasteiger partial charge is 0.358 e. The molecule has 2 rings (SSSR count). The number of H-pyrrole nitrogens is 1. The molecule has 2 N–H and O–H groups in total. The summed E-state index contributed by atoms with van der Waals surface area (Å²) in [5.74, 6) is 0. The molecular formula is C10H13N5OS. The average Bonchev–Trinajstić information content (AvgIpc) is 2.69. The predicted molar refractivity (Wildman–Crippen MR) is 67.3 cm³/mol. The van der Waals surface area contributed by atoms with Gasteiger partial charge < -0.3 is 5.32 Å². The van der Waals surface area contributed by atoms with E-state index in [9.17, 15) is 4.79 Å². The summed E-state index contributed by atoms with van der Waals surface area (Å²) in [4.78, 5) is 11.6. The minimum absolute atomic E-state index is 0.247. The Morgan fingerprint density at radius 3 is 2.88 bits per heavy atom. The zero-order chi connectivity index (χ0) is 12.4. The van der Waals surface area contributed by atoms with Crippen molar-refractivity contribution in [3.05, 3.63) is 22.1 Å². The molecule has 0 saturated heterocycles. The van der Waals surface area contributed by atoms with Crippen LogP contribution in [-0.4, -0.2) is 26.4 Å². The Labute approximate surface area is 102 Å². The van der Waals surface area contributed by atoms with Crippen molar-refractivity contribution >= 4 is 16.5 Å². The van der Waals surface area contributed by atoms with E-state index in [-0.39, 0.29) is 11.6 Å². The van der Waals surface area contributed by atoms with E-state index in [0.29, 0.717) is 15.7 Å². The van der Waals surface area contributed by atoms with Gasteiger partial charge in [-0.15, -0.1) is 10.2 Å². The van der Waals surface area contributed by atoms with Crippen molar-refractivity contribution in [2.45, 2.75) is 26.8 Å². The van der Waals surface area contributed by atoms with Gasteiger partial charge in [0.15, 0.2) is 5.01 Å². The van der Waals surface area contributed by atoms with Gasteiger partial charge in [0.2, 0.25) is 5.13 Å². The summed E-state index contributed by atoms with van der Waals surface area (Å²) in [5, 5.41) is 18.7. The summed E-state index contributed by atoms with van der Waals surface area (Å²) in [6.45, 7) is 5.85. The molecule has 0 saturated carbocycles. The second kappa shape index (κ2) is 4.62. The Balaban J connectivity index is 2.37. The molecule has 2 aromatic rings. The van der Waals surface area contributed by atoms with Gasteiger partial charge in [0.05, 0.1) is 11.3 Å². The van der Waals surface area contributed by atoms with Crippen LogP contribution in [0.3, 0.4) is 0 Å². The van der Waals surface area contributed by atoms with Gasteiger partial charge in [-0.3, -0.25) is 4.79 Å². The van der Waals surface area contributed by atoms with Crippen molar-refractivity contribution in [3.8, 4) is 10.6 Å². The Morgan fingerprint density at radius 1 is 1.41 bits per heavy atom. The van der Waals surface area contributed by atoms with E-state index in [4.69, 9.17) is 0 Å². The van der Waals surface area contributed by atoms with Gasteiger partial charge in [0.25, 0.3) is 5.56 Å². The van der Waals surface area contributed by atoms with Crippen LogP contribution in [0.25, 0.3) is 10.6 Å². The Hall–Kier alpha value is -1.76. The lowest BCUT2D eigenvalue weighted by Crippen LogP contribution is -2.11. The number of hydrogen-bond donors (Lipinski definition) is 2. The highest BCUT2D eigenvalue weighted by Crippen LogP contribution is 2.24. The maximum Gasteiger partial charge on any atom is 0.274 e. The van der Waals surface area contributed by atoms with Crippen molar-refractivity contribution in [2.75, 3.05) is 5.32 Å². The number of aryl methyl sites for hydroxylation is 1. The highest BCUT2D eigenvalue weighted by molar-refractivity contribution is 7.18. The number of nitrogens with one attached hydrogen (secondary N) is 2. The molecule has 0 fully saturated rings. The first-order valence-electron chi connectivity index (χ1n) is 5.23. The maximum absolute atomic E-state index is 11.6. The highest BCUT2D eigenvalue weighted by Gasteiger charge is 2.11. The second-order valence-electron chi connectivity index (χ2n) is 3.96. The smallest absolute Gasteiger partial charge is 0.274 e. The number of hydrogen-bond acceptors (Lipinski definition) is 6. The van der Waals surface area contributed by atoms with Gasteiger partial charge in [-0.25, -0.2) is 5.10 Å². The number of aromatic nitrogens is 4. The van der Waals surface area contributed by atoms with Crippen LogP contribution in [0.5, 0.6) is 0 Å². The molecule has 90 valence electrons. The van der Waals surface area contributed by atoms with Gasteiger partial charge in [-0.2, -0.15) is 5.10 Å². The zero-order valence-electron chi connectivity index (χ0n) is 9.81. The van der Waals surface area contributed by atoms with Crippen LogP contribution < -0.4 is 10.9 Å². The molecule has 0 unspecified atom stereocenters. The van der Waals surface area contributed by atoms with Crippen molar-refractivity contribution in [1.29, 1.82) is 0 Å². The third-order valence-electron chi connectivity index (χ3n) is 2.00.